The number of allylic oxidation sites excluding steroid dienone is 2. The number of fused-ring (bicyclic) bond motifs is 1. The number of carbonyl (C=O) groups is 1. The lowest BCUT2D eigenvalue weighted by atomic mass is 9.74. The molecule has 0 aromatic carbocycles. The first-order valence-corrected chi connectivity index (χ1v) is 8.25. The molecule has 0 spiro atoms. The summed E-state index contributed by atoms with van der Waals surface area (Å²) in [7, 11) is 2.84. The van der Waals surface area contributed by atoms with Crippen LogP contribution in [0.2, 0.25) is 0 Å². The lowest BCUT2D eigenvalue weighted by Gasteiger charge is -2.31. The Morgan fingerprint density at radius 3 is 3.00 bits per heavy atom. The molecule has 1 aromatic rings. The number of rotatable bonds is 4. The van der Waals surface area contributed by atoms with Crippen LogP contribution < -0.4 is 16.7 Å². The van der Waals surface area contributed by atoms with E-state index in [-0.39, 0.29) is 16.7 Å². The van der Waals surface area contributed by atoms with Gasteiger partial charge in [0, 0.05) is 25.7 Å². The minimum absolute atomic E-state index is 0.0174. The van der Waals surface area contributed by atoms with Gasteiger partial charge in [0.25, 0.3) is 5.56 Å². The van der Waals surface area contributed by atoms with Gasteiger partial charge in [-0.25, -0.2) is 14.9 Å². The molecule has 1 saturated carbocycles. The fourth-order valence-corrected chi connectivity index (χ4v) is 3.50. The Morgan fingerprint density at radius 1 is 1.48 bits per heavy atom. The van der Waals surface area contributed by atoms with E-state index in [0.717, 1.165) is 39.6 Å². The van der Waals surface area contributed by atoms with Crippen LogP contribution in [0, 0.1) is 11.8 Å². The number of hydrazone groups is 1. The first kappa shape index (κ1) is 15.7. The van der Waals surface area contributed by atoms with E-state index in [1.807, 2.05) is 0 Å². The highest BCUT2D eigenvalue weighted by Gasteiger charge is 2.37. The molecule has 8 nitrogen and oxygen atoms in total. The minimum atomic E-state index is -0.504. The SMILES string of the molecule is Cn1nc(SCC(=O)N/N=C2/C[C@H]3C=CC[C@H]23)c(=O)n(C)c1=O. The van der Waals surface area contributed by atoms with Crippen LogP contribution in [0.3, 0.4) is 0 Å². The smallest absolute Gasteiger partial charge is 0.272 e. The molecule has 1 heterocycles. The number of nitrogens with one attached hydrogen (secondary N) is 1. The van der Waals surface area contributed by atoms with Gasteiger partial charge in [-0.05, 0) is 18.8 Å². The molecular weight excluding hydrogens is 318 g/mol. The molecule has 2 aliphatic carbocycles. The van der Waals surface area contributed by atoms with Crippen molar-refractivity contribution >= 4 is 23.4 Å². The maximum atomic E-state index is 11.9. The second kappa shape index (κ2) is 6.15. The van der Waals surface area contributed by atoms with Crippen molar-refractivity contribution in [2.45, 2.75) is 17.9 Å². The van der Waals surface area contributed by atoms with Gasteiger partial charge in [0.1, 0.15) is 0 Å². The van der Waals surface area contributed by atoms with Crippen molar-refractivity contribution in [1.29, 1.82) is 0 Å². The molecule has 2 atom stereocenters. The van der Waals surface area contributed by atoms with E-state index >= 15 is 0 Å². The Kier molecular flexibility index (Phi) is 4.20. The van der Waals surface area contributed by atoms with Crippen molar-refractivity contribution in [2.75, 3.05) is 5.75 Å². The van der Waals surface area contributed by atoms with Crippen LogP contribution in [-0.2, 0) is 18.9 Å². The summed E-state index contributed by atoms with van der Waals surface area (Å²) in [6.45, 7) is 0. The van der Waals surface area contributed by atoms with Crippen molar-refractivity contribution in [3.05, 3.63) is 33.0 Å². The van der Waals surface area contributed by atoms with Gasteiger partial charge in [-0.1, -0.05) is 23.9 Å². The normalized spacial score (nSPS) is 23.7. The molecule has 0 bridgehead atoms. The zero-order chi connectivity index (χ0) is 16.6. The van der Waals surface area contributed by atoms with Crippen molar-refractivity contribution in [2.24, 2.45) is 31.0 Å². The van der Waals surface area contributed by atoms with Crippen molar-refractivity contribution in [3.8, 4) is 0 Å². The molecule has 0 radical (unpaired) electrons. The summed E-state index contributed by atoms with van der Waals surface area (Å²) < 4.78 is 2.04. The molecule has 0 aliphatic heterocycles. The number of amides is 1. The zero-order valence-corrected chi connectivity index (χ0v) is 13.7. The van der Waals surface area contributed by atoms with Crippen molar-refractivity contribution in [3.63, 3.8) is 0 Å². The van der Waals surface area contributed by atoms with Gasteiger partial charge in [0.05, 0.1) is 5.75 Å². The van der Waals surface area contributed by atoms with Gasteiger partial charge in [-0.2, -0.15) is 10.2 Å². The second-order valence-electron chi connectivity index (χ2n) is 5.64. The lowest BCUT2D eigenvalue weighted by molar-refractivity contribution is -0.118. The van der Waals surface area contributed by atoms with Gasteiger partial charge in [0.2, 0.25) is 5.91 Å². The third-order valence-corrected chi connectivity index (χ3v) is 5.06. The average Bonchev–Trinajstić information content (AvgIpc) is 2.89. The summed E-state index contributed by atoms with van der Waals surface area (Å²) in [4.78, 5) is 35.3. The molecule has 1 amide bonds. The minimum Gasteiger partial charge on any atom is -0.272 e. The van der Waals surface area contributed by atoms with Crippen LogP contribution in [0.25, 0.3) is 0 Å². The molecule has 1 fully saturated rings. The topological polar surface area (TPSA) is 98.3 Å². The number of aromatic nitrogens is 3. The largest absolute Gasteiger partial charge is 0.346 e. The van der Waals surface area contributed by atoms with E-state index in [1.54, 1.807) is 0 Å². The fourth-order valence-electron chi connectivity index (χ4n) is 2.72. The van der Waals surface area contributed by atoms with E-state index in [9.17, 15) is 14.4 Å². The number of aryl methyl sites for hydroxylation is 1. The molecule has 9 heteroatoms. The molecule has 1 N–H and O–H groups in total. The zero-order valence-electron chi connectivity index (χ0n) is 12.9. The van der Waals surface area contributed by atoms with E-state index in [4.69, 9.17) is 0 Å². The Morgan fingerprint density at radius 2 is 2.26 bits per heavy atom. The summed E-state index contributed by atoms with van der Waals surface area (Å²) in [5, 5.41) is 8.15. The van der Waals surface area contributed by atoms with Crippen LogP contribution >= 0.6 is 11.8 Å². The van der Waals surface area contributed by atoms with Gasteiger partial charge in [0.15, 0.2) is 5.03 Å². The number of nitrogens with zero attached hydrogens (tertiary/aromatic N) is 4. The number of hydrogen-bond donors (Lipinski definition) is 1. The van der Waals surface area contributed by atoms with Crippen LogP contribution in [-0.4, -0.2) is 31.7 Å². The highest BCUT2D eigenvalue weighted by molar-refractivity contribution is 7.99. The first-order valence-electron chi connectivity index (χ1n) is 7.26. The van der Waals surface area contributed by atoms with Gasteiger partial charge < -0.3 is 0 Å². The predicted molar refractivity (Wildman–Crippen MR) is 86.4 cm³/mol. The highest BCUT2D eigenvalue weighted by Crippen LogP contribution is 2.39. The Hall–Kier alpha value is -2.16. The predicted octanol–water partition coefficient (Wildman–Crippen LogP) is -0.361. The third-order valence-electron chi connectivity index (χ3n) is 4.12. The maximum Gasteiger partial charge on any atom is 0.346 e. The number of hydrogen-bond acceptors (Lipinski definition) is 6. The average molecular weight is 335 g/mol. The fraction of sp³-hybridized carbons (Fsp3) is 0.500. The van der Waals surface area contributed by atoms with E-state index in [1.165, 1.54) is 14.1 Å². The third kappa shape index (κ3) is 3.00. The van der Waals surface area contributed by atoms with Gasteiger partial charge >= 0.3 is 5.69 Å². The van der Waals surface area contributed by atoms with Crippen molar-refractivity contribution < 1.29 is 4.79 Å². The Labute approximate surface area is 136 Å². The van der Waals surface area contributed by atoms with E-state index in [0.29, 0.717) is 11.8 Å². The van der Waals surface area contributed by atoms with Crippen molar-refractivity contribution in [1.82, 2.24) is 19.8 Å². The molecule has 3 rings (SSSR count). The Bertz CT molecular complexity index is 823. The first-order chi connectivity index (χ1) is 11.0. The molecule has 0 unspecified atom stereocenters. The molecule has 2 aliphatic rings. The summed E-state index contributed by atoms with van der Waals surface area (Å²) in [5.74, 6) is 0.747. The molecule has 23 heavy (non-hydrogen) atoms. The standard InChI is InChI=1S/C14H17N5O3S/c1-18-13(21)12(17-19(2)14(18)22)23-7-11(20)16-15-10-6-8-4-3-5-9(8)10/h3-4,8-9H,5-7H2,1-2H3,(H,16,20)/b15-10-/t8-,9+/m1/s1. The maximum absolute atomic E-state index is 11.9. The van der Waals surface area contributed by atoms with Crippen LogP contribution in [0.1, 0.15) is 12.8 Å². The monoisotopic (exact) mass is 335 g/mol. The van der Waals surface area contributed by atoms with Gasteiger partial charge in [-0.15, -0.1) is 0 Å². The summed E-state index contributed by atoms with van der Waals surface area (Å²) in [6.07, 6.45) is 6.24. The lowest BCUT2D eigenvalue weighted by Crippen LogP contribution is -2.39. The second-order valence-corrected chi connectivity index (χ2v) is 6.60. The molecular formula is C14H17N5O3S. The summed E-state index contributed by atoms with van der Waals surface area (Å²) in [6, 6.07) is 0. The van der Waals surface area contributed by atoms with Crippen LogP contribution in [0.5, 0.6) is 0 Å². The van der Waals surface area contributed by atoms with E-state index in [2.05, 4.69) is 27.8 Å². The summed E-state index contributed by atoms with van der Waals surface area (Å²) in [5.41, 5.74) is 2.54. The molecule has 0 saturated heterocycles. The highest BCUT2D eigenvalue weighted by atomic mass is 32.2. The van der Waals surface area contributed by atoms with E-state index < -0.39 is 11.2 Å². The number of thioether (sulfide) groups is 1. The number of carbonyl (C=O) groups excluding carboxylic acids is 1. The van der Waals surface area contributed by atoms with Crippen LogP contribution in [0.4, 0.5) is 0 Å². The molecule has 122 valence electrons. The quantitative estimate of drug-likeness (QED) is 0.460. The summed E-state index contributed by atoms with van der Waals surface area (Å²) >= 11 is 0.991. The van der Waals surface area contributed by atoms with Crippen LogP contribution in [0.15, 0.2) is 31.9 Å². The Balaban J connectivity index is 1.57. The van der Waals surface area contributed by atoms with Gasteiger partial charge in [-0.3, -0.25) is 14.2 Å². The molecule has 1 aromatic heterocycles.